The molecule has 100 valence electrons. The molecule has 0 radical (unpaired) electrons. The minimum atomic E-state index is 0.735. The number of hydrogen-bond acceptors (Lipinski definition) is 3. The highest BCUT2D eigenvalue weighted by atomic mass is 16.5. The lowest BCUT2D eigenvalue weighted by molar-refractivity contribution is 0.187. The number of nitrogens with one attached hydrogen (secondary N) is 1. The van der Waals surface area contributed by atoms with E-state index in [0.717, 1.165) is 43.4 Å². The predicted octanol–water partition coefficient (Wildman–Crippen LogP) is 2.38. The number of ether oxygens (including phenoxy) is 1. The summed E-state index contributed by atoms with van der Waals surface area (Å²) in [5, 5.41) is 3.53. The van der Waals surface area contributed by atoms with Gasteiger partial charge in [-0.2, -0.15) is 0 Å². The van der Waals surface area contributed by atoms with E-state index in [2.05, 4.69) is 14.9 Å². The molecule has 0 aliphatic heterocycles. The molecule has 1 heterocycles. The monoisotopic (exact) mass is 249 g/mol. The van der Waals surface area contributed by atoms with Crippen molar-refractivity contribution in [2.24, 2.45) is 17.8 Å². The average molecular weight is 249 g/mol. The molecule has 2 aliphatic carbocycles. The fourth-order valence-corrected chi connectivity index (χ4v) is 3.70. The highest BCUT2D eigenvalue weighted by Crippen LogP contribution is 2.48. The third-order valence-electron chi connectivity index (χ3n) is 4.66. The Morgan fingerprint density at radius 2 is 2.39 bits per heavy atom. The van der Waals surface area contributed by atoms with Gasteiger partial charge in [-0.1, -0.05) is 6.42 Å². The summed E-state index contributed by atoms with van der Waals surface area (Å²) in [6, 6.07) is 0. The maximum atomic E-state index is 5.11. The number of imidazole rings is 1. The van der Waals surface area contributed by atoms with Crippen molar-refractivity contribution in [3.8, 4) is 0 Å². The molecule has 2 saturated carbocycles. The van der Waals surface area contributed by atoms with Crippen molar-refractivity contribution in [1.82, 2.24) is 9.55 Å². The second-order valence-corrected chi connectivity index (χ2v) is 5.75. The molecule has 4 heteroatoms. The lowest BCUT2D eigenvalue weighted by Crippen LogP contribution is -2.22. The van der Waals surface area contributed by atoms with Gasteiger partial charge in [0.2, 0.25) is 5.95 Å². The second-order valence-electron chi connectivity index (χ2n) is 5.75. The van der Waals surface area contributed by atoms with Crippen molar-refractivity contribution >= 4 is 5.95 Å². The first-order chi connectivity index (χ1) is 8.86. The molecule has 3 atom stereocenters. The van der Waals surface area contributed by atoms with Crippen molar-refractivity contribution in [3.63, 3.8) is 0 Å². The van der Waals surface area contributed by atoms with Crippen molar-refractivity contribution in [2.45, 2.75) is 32.2 Å². The lowest BCUT2D eigenvalue weighted by Gasteiger charge is -2.22. The largest absolute Gasteiger partial charge is 0.383 e. The van der Waals surface area contributed by atoms with Gasteiger partial charge in [0.1, 0.15) is 0 Å². The Balaban J connectivity index is 1.52. The van der Waals surface area contributed by atoms with Crippen LogP contribution in [0.4, 0.5) is 5.95 Å². The zero-order chi connectivity index (χ0) is 12.4. The number of hydrogen-bond donors (Lipinski definition) is 1. The number of rotatable bonds is 6. The number of methoxy groups -OCH3 is 1. The molecule has 2 bridgehead atoms. The zero-order valence-electron chi connectivity index (χ0n) is 11.1. The van der Waals surface area contributed by atoms with Crippen molar-refractivity contribution < 1.29 is 4.74 Å². The molecule has 0 spiro atoms. The van der Waals surface area contributed by atoms with Crippen LogP contribution in [0.3, 0.4) is 0 Å². The topological polar surface area (TPSA) is 39.1 Å². The van der Waals surface area contributed by atoms with Crippen LogP contribution in [0.25, 0.3) is 0 Å². The molecule has 2 fully saturated rings. The standard InChI is InChI=1S/C14H23N3O/c1-18-7-6-17-5-4-15-14(17)16-10-13-9-11-2-3-12(13)8-11/h4-5,11-13H,2-3,6-10H2,1H3,(H,15,16). The van der Waals surface area contributed by atoms with E-state index >= 15 is 0 Å². The Kier molecular flexibility index (Phi) is 3.55. The molecule has 18 heavy (non-hydrogen) atoms. The Labute approximate surface area is 109 Å². The molecule has 0 aromatic carbocycles. The van der Waals surface area contributed by atoms with Gasteiger partial charge in [0.15, 0.2) is 0 Å². The SMILES string of the molecule is COCCn1ccnc1NCC1CC2CCC1C2. The summed E-state index contributed by atoms with van der Waals surface area (Å²) in [6.45, 7) is 2.69. The number of aromatic nitrogens is 2. The maximum Gasteiger partial charge on any atom is 0.202 e. The summed E-state index contributed by atoms with van der Waals surface area (Å²) >= 11 is 0. The van der Waals surface area contributed by atoms with Crippen LogP contribution in [0.2, 0.25) is 0 Å². The molecular weight excluding hydrogens is 226 g/mol. The van der Waals surface area contributed by atoms with Gasteiger partial charge in [0, 0.05) is 32.6 Å². The minimum absolute atomic E-state index is 0.735. The average Bonchev–Trinajstić information content (AvgIpc) is 3.09. The van der Waals surface area contributed by atoms with Crippen LogP contribution in [-0.4, -0.2) is 29.8 Å². The van der Waals surface area contributed by atoms with Gasteiger partial charge in [-0.05, 0) is 37.0 Å². The van der Waals surface area contributed by atoms with Gasteiger partial charge in [-0.25, -0.2) is 4.98 Å². The minimum Gasteiger partial charge on any atom is -0.383 e. The highest BCUT2D eigenvalue weighted by molar-refractivity contribution is 5.26. The molecular formula is C14H23N3O. The van der Waals surface area contributed by atoms with Gasteiger partial charge >= 0.3 is 0 Å². The smallest absolute Gasteiger partial charge is 0.202 e. The van der Waals surface area contributed by atoms with E-state index in [9.17, 15) is 0 Å². The first-order valence-corrected chi connectivity index (χ1v) is 7.10. The fourth-order valence-electron chi connectivity index (χ4n) is 3.70. The quantitative estimate of drug-likeness (QED) is 0.841. The summed E-state index contributed by atoms with van der Waals surface area (Å²) in [5.74, 6) is 3.87. The Morgan fingerprint density at radius 3 is 3.11 bits per heavy atom. The zero-order valence-corrected chi connectivity index (χ0v) is 11.1. The lowest BCUT2D eigenvalue weighted by atomic mass is 9.89. The normalized spacial score (nSPS) is 29.9. The third-order valence-corrected chi connectivity index (χ3v) is 4.66. The van der Waals surface area contributed by atoms with Crippen LogP contribution in [-0.2, 0) is 11.3 Å². The molecule has 1 N–H and O–H groups in total. The Hall–Kier alpha value is -1.03. The van der Waals surface area contributed by atoms with E-state index < -0.39 is 0 Å². The van der Waals surface area contributed by atoms with E-state index in [0.29, 0.717) is 0 Å². The molecule has 1 aromatic heterocycles. The first kappa shape index (κ1) is 12.0. The van der Waals surface area contributed by atoms with Crippen molar-refractivity contribution in [2.75, 3.05) is 25.6 Å². The Bertz CT molecular complexity index is 390. The van der Waals surface area contributed by atoms with Crippen LogP contribution >= 0.6 is 0 Å². The molecule has 0 amide bonds. The van der Waals surface area contributed by atoms with E-state index in [1.165, 1.54) is 25.7 Å². The van der Waals surface area contributed by atoms with Crippen LogP contribution in [0.15, 0.2) is 12.4 Å². The number of anilines is 1. The van der Waals surface area contributed by atoms with Gasteiger partial charge in [0.25, 0.3) is 0 Å². The molecule has 4 nitrogen and oxygen atoms in total. The van der Waals surface area contributed by atoms with Crippen molar-refractivity contribution in [1.29, 1.82) is 0 Å². The summed E-state index contributed by atoms with van der Waals surface area (Å²) in [6.07, 6.45) is 9.71. The van der Waals surface area contributed by atoms with Crippen LogP contribution in [0.1, 0.15) is 25.7 Å². The summed E-state index contributed by atoms with van der Waals surface area (Å²) in [5.41, 5.74) is 0. The molecule has 3 unspecified atom stereocenters. The van der Waals surface area contributed by atoms with Crippen LogP contribution in [0.5, 0.6) is 0 Å². The molecule has 2 aliphatic rings. The first-order valence-electron chi connectivity index (χ1n) is 7.10. The van der Waals surface area contributed by atoms with E-state index in [1.54, 1.807) is 7.11 Å². The van der Waals surface area contributed by atoms with Crippen LogP contribution < -0.4 is 5.32 Å². The summed E-state index contributed by atoms with van der Waals surface area (Å²) in [7, 11) is 1.74. The van der Waals surface area contributed by atoms with Gasteiger partial charge in [0.05, 0.1) is 6.61 Å². The van der Waals surface area contributed by atoms with E-state index in [1.807, 2.05) is 12.4 Å². The van der Waals surface area contributed by atoms with Gasteiger partial charge in [-0.3, -0.25) is 0 Å². The highest BCUT2D eigenvalue weighted by Gasteiger charge is 2.39. The summed E-state index contributed by atoms with van der Waals surface area (Å²) < 4.78 is 7.25. The van der Waals surface area contributed by atoms with Gasteiger partial charge in [-0.15, -0.1) is 0 Å². The number of fused-ring (bicyclic) bond motifs is 2. The van der Waals surface area contributed by atoms with E-state index in [-0.39, 0.29) is 0 Å². The predicted molar refractivity (Wildman–Crippen MR) is 71.5 cm³/mol. The van der Waals surface area contributed by atoms with Crippen LogP contribution in [0, 0.1) is 17.8 Å². The summed E-state index contributed by atoms with van der Waals surface area (Å²) in [4.78, 5) is 4.39. The molecule has 3 rings (SSSR count). The number of nitrogens with zero attached hydrogens (tertiary/aromatic N) is 2. The maximum absolute atomic E-state index is 5.11. The van der Waals surface area contributed by atoms with Gasteiger partial charge < -0.3 is 14.6 Å². The van der Waals surface area contributed by atoms with Crippen molar-refractivity contribution in [3.05, 3.63) is 12.4 Å². The van der Waals surface area contributed by atoms with E-state index in [4.69, 9.17) is 4.74 Å². The molecule has 0 saturated heterocycles. The Morgan fingerprint density at radius 1 is 1.44 bits per heavy atom. The third kappa shape index (κ3) is 2.39. The molecule has 1 aromatic rings. The second kappa shape index (κ2) is 5.31. The fraction of sp³-hybridized carbons (Fsp3) is 0.786.